The van der Waals surface area contributed by atoms with E-state index in [0.717, 1.165) is 17.8 Å². The Morgan fingerprint density at radius 2 is 1.94 bits per heavy atom. The van der Waals surface area contributed by atoms with E-state index in [1.807, 2.05) is 6.07 Å². The van der Waals surface area contributed by atoms with Gasteiger partial charge in [0.05, 0.1) is 17.6 Å². The van der Waals surface area contributed by atoms with Crippen LogP contribution in [0.1, 0.15) is 18.9 Å². The van der Waals surface area contributed by atoms with Crippen LogP contribution in [0.15, 0.2) is 42.7 Å². The molecule has 0 radical (unpaired) electrons. The van der Waals surface area contributed by atoms with Crippen molar-refractivity contribution in [2.24, 2.45) is 0 Å². The van der Waals surface area contributed by atoms with Crippen molar-refractivity contribution in [1.82, 2.24) is 4.98 Å². The summed E-state index contributed by atoms with van der Waals surface area (Å²) >= 11 is 0. The summed E-state index contributed by atoms with van der Waals surface area (Å²) in [6, 6.07) is 10.3. The van der Waals surface area contributed by atoms with Crippen molar-refractivity contribution < 1.29 is 0 Å². The Morgan fingerprint density at radius 1 is 1.18 bits per heavy atom. The fourth-order valence-electron chi connectivity index (χ4n) is 1.72. The number of hydrogen-bond donors (Lipinski definition) is 2. The molecule has 0 saturated carbocycles. The number of hydrogen-bond acceptors (Lipinski definition) is 3. The van der Waals surface area contributed by atoms with E-state index < -0.39 is 0 Å². The molecule has 88 valence electrons. The van der Waals surface area contributed by atoms with Gasteiger partial charge in [-0.1, -0.05) is 25.5 Å². The van der Waals surface area contributed by atoms with Gasteiger partial charge in [0.25, 0.3) is 0 Å². The van der Waals surface area contributed by atoms with Gasteiger partial charge in [0.15, 0.2) is 0 Å². The average molecular weight is 227 g/mol. The summed E-state index contributed by atoms with van der Waals surface area (Å²) in [4.78, 5) is 3.96. The molecule has 0 unspecified atom stereocenters. The highest BCUT2D eigenvalue weighted by atomic mass is 14.9. The van der Waals surface area contributed by atoms with Crippen LogP contribution in [0.5, 0.6) is 0 Å². The summed E-state index contributed by atoms with van der Waals surface area (Å²) in [7, 11) is 0. The highest BCUT2D eigenvalue weighted by Gasteiger charge is 1.99. The van der Waals surface area contributed by atoms with Crippen molar-refractivity contribution in [1.29, 1.82) is 0 Å². The van der Waals surface area contributed by atoms with Crippen LogP contribution in [0.2, 0.25) is 0 Å². The van der Waals surface area contributed by atoms with Crippen LogP contribution >= 0.6 is 0 Å². The maximum Gasteiger partial charge on any atom is 0.0739 e. The van der Waals surface area contributed by atoms with Crippen molar-refractivity contribution in [2.75, 3.05) is 11.1 Å². The van der Waals surface area contributed by atoms with E-state index in [9.17, 15) is 0 Å². The van der Waals surface area contributed by atoms with E-state index >= 15 is 0 Å². The second-order valence-corrected chi connectivity index (χ2v) is 4.03. The van der Waals surface area contributed by atoms with Crippen molar-refractivity contribution in [2.45, 2.75) is 19.8 Å². The zero-order valence-corrected chi connectivity index (χ0v) is 9.98. The Hall–Kier alpha value is -2.03. The Morgan fingerprint density at radius 3 is 2.59 bits per heavy atom. The van der Waals surface area contributed by atoms with Gasteiger partial charge in [-0.25, -0.2) is 0 Å². The van der Waals surface area contributed by atoms with E-state index in [0.29, 0.717) is 5.69 Å². The molecule has 0 spiro atoms. The smallest absolute Gasteiger partial charge is 0.0739 e. The minimum absolute atomic E-state index is 0.658. The molecular formula is C14H17N3. The van der Waals surface area contributed by atoms with Crippen LogP contribution in [-0.2, 0) is 6.42 Å². The molecule has 0 saturated heterocycles. The quantitative estimate of drug-likeness (QED) is 0.842. The van der Waals surface area contributed by atoms with Gasteiger partial charge >= 0.3 is 0 Å². The largest absolute Gasteiger partial charge is 0.396 e. The monoisotopic (exact) mass is 227 g/mol. The van der Waals surface area contributed by atoms with E-state index in [4.69, 9.17) is 5.73 Å². The fraction of sp³-hybridized carbons (Fsp3) is 0.214. The number of pyridine rings is 1. The Kier molecular flexibility index (Phi) is 3.60. The van der Waals surface area contributed by atoms with Crippen LogP contribution in [0.3, 0.4) is 0 Å². The van der Waals surface area contributed by atoms with E-state index in [1.54, 1.807) is 12.4 Å². The number of aryl methyl sites for hydroxylation is 1. The van der Waals surface area contributed by atoms with Crippen molar-refractivity contribution in [3.8, 4) is 0 Å². The molecule has 0 amide bonds. The summed E-state index contributed by atoms with van der Waals surface area (Å²) in [5.41, 5.74) is 9.78. The number of nitrogens with zero attached hydrogens (tertiary/aromatic N) is 1. The maximum atomic E-state index is 5.82. The molecule has 1 aromatic carbocycles. The lowest BCUT2D eigenvalue weighted by Crippen LogP contribution is -1.96. The maximum absolute atomic E-state index is 5.82. The van der Waals surface area contributed by atoms with Gasteiger partial charge in [0.1, 0.15) is 0 Å². The minimum Gasteiger partial charge on any atom is -0.396 e. The third kappa shape index (κ3) is 2.97. The minimum atomic E-state index is 0.658. The molecular weight excluding hydrogens is 210 g/mol. The summed E-state index contributed by atoms with van der Waals surface area (Å²) in [5.74, 6) is 0. The molecule has 3 N–H and O–H groups in total. The number of anilines is 3. The van der Waals surface area contributed by atoms with Crippen molar-refractivity contribution in [3.05, 3.63) is 48.3 Å². The third-order valence-electron chi connectivity index (χ3n) is 2.62. The molecule has 2 aromatic rings. The summed E-state index contributed by atoms with van der Waals surface area (Å²) < 4.78 is 0. The van der Waals surface area contributed by atoms with Gasteiger partial charge in [-0.05, 0) is 30.2 Å². The van der Waals surface area contributed by atoms with Gasteiger partial charge in [-0.3, -0.25) is 4.98 Å². The molecule has 2 rings (SSSR count). The van der Waals surface area contributed by atoms with Crippen LogP contribution in [-0.4, -0.2) is 4.98 Å². The first-order chi connectivity index (χ1) is 8.29. The zero-order valence-electron chi connectivity index (χ0n) is 9.98. The Balaban J connectivity index is 2.11. The van der Waals surface area contributed by atoms with Crippen molar-refractivity contribution >= 4 is 17.1 Å². The third-order valence-corrected chi connectivity index (χ3v) is 2.62. The second-order valence-electron chi connectivity index (χ2n) is 4.03. The van der Waals surface area contributed by atoms with Crippen molar-refractivity contribution in [3.63, 3.8) is 0 Å². The first kappa shape index (κ1) is 11.5. The standard InChI is InChI=1S/C14H17N3/c1-2-3-11-4-6-12(7-5-11)17-14-8-9-16-10-13(14)15/h4-10H,2-3,15H2,1H3,(H,16,17). The zero-order chi connectivity index (χ0) is 12.1. The molecule has 3 nitrogen and oxygen atoms in total. The normalized spacial score (nSPS) is 10.2. The molecule has 0 aliphatic rings. The lowest BCUT2D eigenvalue weighted by atomic mass is 10.1. The van der Waals surface area contributed by atoms with Gasteiger partial charge < -0.3 is 11.1 Å². The lowest BCUT2D eigenvalue weighted by molar-refractivity contribution is 0.922. The number of rotatable bonds is 4. The van der Waals surface area contributed by atoms with Crippen LogP contribution in [0.4, 0.5) is 17.1 Å². The topological polar surface area (TPSA) is 50.9 Å². The number of benzene rings is 1. The van der Waals surface area contributed by atoms with Crippen LogP contribution in [0.25, 0.3) is 0 Å². The average Bonchev–Trinajstić information content (AvgIpc) is 2.35. The second kappa shape index (κ2) is 5.34. The lowest BCUT2D eigenvalue weighted by Gasteiger charge is -2.09. The van der Waals surface area contributed by atoms with Gasteiger partial charge in [0, 0.05) is 11.9 Å². The molecule has 1 aromatic heterocycles. The van der Waals surface area contributed by atoms with Gasteiger partial charge in [-0.15, -0.1) is 0 Å². The first-order valence-corrected chi connectivity index (χ1v) is 5.85. The predicted molar refractivity (Wildman–Crippen MR) is 72.4 cm³/mol. The molecule has 17 heavy (non-hydrogen) atoms. The summed E-state index contributed by atoms with van der Waals surface area (Å²) in [6.07, 6.45) is 5.67. The number of aromatic nitrogens is 1. The molecule has 0 aliphatic carbocycles. The van der Waals surface area contributed by atoms with Crippen LogP contribution < -0.4 is 11.1 Å². The predicted octanol–water partition coefficient (Wildman–Crippen LogP) is 3.36. The Bertz CT molecular complexity index is 477. The number of nitrogens with one attached hydrogen (secondary N) is 1. The molecule has 3 heteroatoms. The molecule has 0 atom stereocenters. The first-order valence-electron chi connectivity index (χ1n) is 5.85. The fourth-order valence-corrected chi connectivity index (χ4v) is 1.72. The number of nitrogens with two attached hydrogens (primary N) is 1. The van der Waals surface area contributed by atoms with Gasteiger partial charge in [-0.2, -0.15) is 0 Å². The summed E-state index contributed by atoms with van der Waals surface area (Å²) in [5, 5.41) is 3.28. The molecule has 0 bridgehead atoms. The van der Waals surface area contributed by atoms with E-state index in [1.165, 1.54) is 12.0 Å². The highest BCUT2D eigenvalue weighted by Crippen LogP contribution is 2.21. The number of nitrogen functional groups attached to an aromatic ring is 1. The summed E-state index contributed by atoms with van der Waals surface area (Å²) in [6.45, 7) is 2.18. The van der Waals surface area contributed by atoms with E-state index in [2.05, 4.69) is 41.5 Å². The molecule has 1 heterocycles. The SMILES string of the molecule is CCCc1ccc(Nc2ccncc2N)cc1. The Labute approximate surface area is 102 Å². The molecule has 0 fully saturated rings. The van der Waals surface area contributed by atoms with Crippen LogP contribution in [0, 0.1) is 0 Å². The highest BCUT2D eigenvalue weighted by molar-refractivity contribution is 5.71. The molecule has 0 aliphatic heterocycles. The van der Waals surface area contributed by atoms with Gasteiger partial charge in [0.2, 0.25) is 0 Å². The van der Waals surface area contributed by atoms with E-state index in [-0.39, 0.29) is 0 Å².